The number of hydrogen-bond acceptors (Lipinski definition) is 2. The number of carbonyl (C=O) groups is 1. The minimum absolute atomic E-state index is 0.197. The predicted octanol–water partition coefficient (Wildman–Crippen LogP) is 2.79. The average molecular weight is 232 g/mol. The van der Waals surface area contributed by atoms with Crippen molar-refractivity contribution in [1.29, 1.82) is 0 Å². The monoisotopic (exact) mass is 231 g/mol. The van der Waals surface area contributed by atoms with Gasteiger partial charge in [0.15, 0.2) is 0 Å². The van der Waals surface area contributed by atoms with Crippen LogP contribution in [0, 0.1) is 6.07 Å². The lowest BCUT2D eigenvalue weighted by Crippen LogP contribution is -2.12. The van der Waals surface area contributed by atoms with Crippen molar-refractivity contribution in [2.45, 2.75) is 0 Å². The molecule has 1 N–H and O–H groups in total. The van der Waals surface area contributed by atoms with Crippen LogP contribution in [0.25, 0.3) is 0 Å². The summed E-state index contributed by atoms with van der Waals surface area (Å²) in [5.41, 5.74) is 1.06. The van der Waals surface area contributed by atoms with E-state index >= 15 is 0 Å². The van der Waals surface area contributed by atoms with Crippen molar-refractivity contribution in [3.8, 4) is 0 Å². The molecule has 1 amide bonds. The molecule has 0 fully saturated rings. The highest BCUT2D eigenvalue weighted by Gasteiger charge is 2.10. The Hall–Kier alpha value is -1.87. The standard InChI is InChI=1S/C12H8ClN2O/c13-11-10(7-4-8-14-11)12(16)15-9-5-2-1-3-6-9/h2-8H,(H,15,16). The number of carbonyl (C=O) groups excluding carboxylic acids is 1. The van der Waals surface area contributed by atoms with Crippen LogP contribution in [-0.2, 0) is 0 Å². The smallest absolute Gasteiger partial charge is 0.258 e. The molecule has 1 heterocycles. The van der Waals surface area contributed by atoms with Crippen molar-refractivity contribution >= 4 is 23.2 Å². The van der Waals surface area contributed by atoms with E-state index in [2.05, 4.69) is 16.4 Å². The van der Waals surface area contributed by atoms with Gasteiger partial charge in [-0.2, -0.15) is 0 Å². The van der Waals surface area contributed by atoms with E-state index in [4.69, 9.17) is 11.6 Å². The molecule has 0 spiro atoms. The molecule has 0 aliphatic carbocycles. The van der Waals surface area contributed by atoms with E-state index in [-0.39, 0.29) is 11.1 Å². The van der Waals surface area contributed by atoms with E-state index in [1.807, 2.05) is 0 Å². The van der Waals surface area contributed by atoms with Gasteiger partial charge in [-0.05, 0) is 30.3 Å². The van der Waals surface area contributed by atoms with Crippen LogP contribution in [0.3, 0.4) is 0 Å². The number of nitrogens with zero attached hydrogens (tertiary/aromatic N) is 1. The third kappa shape index (κ3) is 2.38. The molecular formula is C12H8ClN2O. The van der Waals surface area contributed by atoms with Crippen molar-refractivity contribution < 1.29 is 4.79 Å². The molecule has 0 aliphatic heterocycles. The highest BCUT2D eigenvalue weighted by atomic mass is 35.5. The molecule has 4 heteroatoms. The third-order valence-corrected chi connectivity index (χ3v) is 2.28. The predicted molar refractivity (Wildman–Crippen MR) is 62.5 cm³/mol. The second kappa shape index (κ2) is 4.77. The lowest BCUT2D eigenvalue weighted by atomic mass is 10.2. The molecule has 1 radical (unpaired) electrons. The number of anilines is 1. The van der Waals surface area contributed by atoms with Crippen LogP contribution < -0.4 is 5.32 Å². The molecule has 3 nitrogen and oxygen atoms in total. The van der Waals surface area contributed by atoms with E-state index in [0.717, 1.165) is 0 Å². The number of hydrogen-bond donors (Lipinski definition) is 1. The van der Waals surface area contributed by atoms with E-state index in [9.17, 15) is 4.79 Å². The summed E-state index contributed by atoms with van der Waals surface area (Å²) in [4.78, 5) is 15.6. The van der Waals surface area contributed by atoms with Crippen molar-refractivity contribution in [2.75, 3.05) is 5.32 Å². The van der Waals surface area contributed by atoms with Gasteiger partial charge < -0.3 is 5.32 Å². The van der Waals surface area contributed by atoms with Crippen LogP contribution in [0.2, 0.25) is 5.15 Å². The zero-order valence-electron chi connectivity index (χ0n) is 8.27. The average Bonchev–Trinajstić information content (AvgIpc) is 2.31. The Morgan fingerprint density at radius 3 is 2.75 bits per heavy atom. The number of pyridine rings is 1. The van der Waals surface area contributed by atoms with Gasteiger partial charge in [0.25, 0.3) is 5.91 Å². The van der Waals surface area contributed by atoms with Gasteiger partial charge in [-0.25, -0.2) is 4.98 Å². The summed E-state index contributed by atoms with van der Waals surface area (Å²) in [7, 11) is 0. The maximum atomic E-state index is 11.8. The van der Waals surface area contributed by atoms with Crippen molar-refractivity contribution in [3.63, 3.8) is 0 Å². The number of rotatable bonds is 2. The number of amides is 1. The summed E-state index contributed by atoms with van der Waals surface area (Å²) in [5, 5.41) is 2.91. The van der Waals surface area contributed by atoms with Gasteiger partial charge >= 0.3 is 0 Å². The van der Waals surface area contributed by atoms with Gasteiger partial charge in [-0.15, -0.1) is 0 Å². The molecule has 16 heavy (non-hydrogen) atoms. The summed E-state index contributed by atoms with van der Waals surface area (Å²) in [6.07, 6.45) is 1.54. The second-order valence-electron chi connectivity index (χ2n) is 3.08. The SMILES string of the molecule is O=C(Nc1cc[c]cc1)c1cccnc1Cl. The molecule has 0 atom stereocenters. The van der Waals surface area contributed by atoms with Crippen LogP contribution in [0.4, 0.5) is 5.69 Å². The van der Waals surface area contributed by atoms with Gasteiger partial charge in [0.2, 0.25) is 0 Å². The van der Waals surface area contributed by atoms with E-state index in [1.165, 1.54) is 6.20 Å². The molecule has 0 unspecified atom stereocenters. The molecule has 1 aromatic heterocycles. The highest BCUT2D eigenvalue weighted by Crippen LogP contribution is 2.14. The molecule has 0 saturated heterocycles. The molecular weight excluding hydrogens is 224 g/mol. The first-order valence-electron chi connectivity index (χ1n) is 4.65. The van der Waals surface area contributed by atoms with Crippen molar-refractivity contribution in [3.05, 3.63) is 59.4 Å². The van der Waals surface area contributed by atoms with Crippen LogP contribution >= 0.6 is 11.6 Å². The fraction of sp³-hybridized carbons (Fsp3) is 0. The third-order valence-electron chi connectivity index (χ3n) is 1.98. The summed E-state index contributed by atoms with van der Waals surface area (Å²) < 4.78 is 0. The Kier molecular flexibility index (Phi) is 3.17. The van der Waals surface area contributed by atoms with E-state index in [1.54, 1.807) is 36.4 Å². The Labute approximate surface area is 98.1 Å². The maximum Gasteiger partial charge on any atom is 0.258 e. The summed E-state index contributed by atoms with van der Waals surface area (Å²) >= 11 is 5.81. The summed E-state index contributed by atoms with van der Waals surface area (Å²) in [6, 6.07) is 13.1. The highest BCUT2D eigenvalue weighted by molar-refractivity contribution is 6.33. The normalized spacial score (nSPS) is 9.81. The topological polar surface area (TPSA) is 42.0 Å². The zero-order chi connectivity index (χ0) is 11.4. The molecule has 2 rings (SSSR count). The zero-order valence-corrected chi connectivity index (χ0v) is 9.03. The summed E-state index contributed by atoms with van der Waals surface area (Å²) in [5.74, 6) is -0.274. The Morgan fingerprint density at radius 2 is 2.06 bits per heavy atom. The molecule has 0 aliphatic rings. The van der Waals surface area contributed by atoms with Crippen LogP contribution in [0.5, 0.6) is 0 Å². The first-order chi connectivity index (χ1) is 7.77. The van der Waals surface area contributed by atoms with Crippen LogP contribution in [0.1, 0.15) is 10.4 Å². The van der Waals surface area contributed by atoms with Gasteiger partial charge in [-0.3, -0.25) is 4.79 Å². The van der Waals surface area contributed by atoms with Gasteiger partial charge in [0.1, 0.15) is 5.15 Å². The second-order valence-corrected chi connectivity index (χ2v) is 3.44. The fourth-order valence-corrected chi connectivity index (χ4v) is 1.43. The van der Waals surface area contributed by atoms with Gasteiger partial charge in [0, 0.05) is 11.9 Å². The van der Waals surface area contributed by atoms with Crippen LogP contribution in [0.15, 0.2) is 42.6 Å². The van der Waals surface area contributed by atoms with Gasteiger partial charge in [-0.1, -0.05) is 23.7 Å². The van der Waals surface area contributed by atoms with Crippen molar-refractivity contribution in [2.24, 2.45) is 0 Å². The molecule has 1 aromatic carbocycles. The number of aromatic nitrogens is 1. The largest absolute Gasteiger partial charge is 0.322 e. The minimum Gasteiger partial charge on any atom is -0.322 e. The van der Waals surface area contributed by atoms with E-state index in [0.29, 0.717) is 11.3 Å². The molecule has 79 valence electrons. The number of benzene rings is 1. The number of nitrogens with one attached hydrogen (secondary N) is 1. The van der Waals surface area contributed by atoms with Crippen LogP contribution in [-0.4, -0.2) is 10.9 Å². The number of halogens is 1. The first-order valence-corrected chi connectivity index (χ1v) is 5.03. The first kappa shape index (κ1) is 10.6. The minimum atomic E-state index is -0.274. The lowest BCUT2D eigenvalue weighted by molar-refractivity contribution is 0.102. The van der Waals surface area contributed by atoms with E-state index < -0.39 is 0 Å². The molecule has 0 saturated carbocycles. The van der Waals surface area contributed by atoms with Crippen molar-refractivity contribution in [1.82, 2.24) is 4.98 Å². The molecule has 0 bridgehead atoms. The summed E-state index contributed by atoms with van der Waals surface area (Å²) in [6.45, 7) is 0. The van der Waals surface area contributed by atoms with Gasteiger partial charge in [0.05, 0.1) is 5.56 Å². The lowest BCUT2D eigenvalue weighted by Gasteiger charge is -2.05. The Balaban J connectivity index is 2.19. The molecule has 2 aromatic rings. The quantitative estimate of drug-likeness (QED) is 0.808. The Morgan fingerprint density at radius 1 is 1.31 bits per heavy atom. The maximum absolute atomic E-state index is 11.8. The fourth-order valence-electron chi connectivity index (χ4n) is 1.22. The Bertz CT molecular complexity index is 499.